The maximum Gasteiger partial charge on any atom is 0.142 e. The van der Waals surface area contributed by atoms with Crippen LogP contribution >= 0.6 is 0 Å². The van der Waals surface area contributed by atoms with Crippen LogP contribution in [0.3, 0.4) is 0 Å². The number of nitrogens with zero attached hydrogens (tertiary/aromatic N) is 2. The lowest BCUT2D eigenvalue weighted by Crippen LogP contribution is -2.11. The summed E-state index contributed by atoms with van der Waals surface area (Å²) in [5.41, 5.74) is 9.55. The zero-order valence-electron chi connectivity index (χ0n) is 12.1. The molecule has 4 heteroatoms. The van der Waals surface area contributed by atoms with Gasteiger partial charge in [-0.25, -0.2) is 0 Å². The molecule has 0 saturated carbocycles. The van der Waals surface area contributed by atoms with Gasteiger partial charge >= 0.3 is 0 Å². The van der Waals surface area contributed by atoms with Gasteiger partial charge in [0.25, 0.3) is 0 Å². The molecular formula is C17H17N3O. The largest absolute Gasteiger partial charge is 0.495 e. The number of anilines is 3. The predicted octanol–water partition coefficient (Wildman–Crippen LogP) is 3.59. The molecule has 0 spiro atoms. The average molecular weight is 279 g/mol. The smallest absolute Gasteiger partial charge is 0.142 e. The molecule has 0 aliphatic rings. The third-order valence-corrected chi connectivity index (χ3v) is 3.59. The van der Waals surface area contributed by atoms with Crippen molar-refractivity contribution < 1.29 is 4.74 Å². The Kier molecular flexibility index (Phi) is 3.36. The third kappa shape index (κ3) is 2.25. The molecule has 1 aromatic heterocycles. The number of para-hydroxylation sites is 2. The van der Waals surface area contributed by atoms with Crippen LogP contribution in [0.25, 0.3) is 10.9 Å². The Balaban J connectivity index is 2.18. The summed E-state index contributed by atoms with van der Waals surface area (Å²) >= 11 is 0. The lowest BCUT2D eigenvalue weighted by Gasteiger charge is -2.23. The second kappa shape index (κ2) is 5.32. The first-order chi connectivity index (χ1) is 10.2. The topological polar surface area (TPSA) is 51.4 Å². The van der Waals surface area contributed by atoms with Gasteiger partial charge in [-0.15, -0.1) is 0 Å². The lowest BCUT2D eigenvalue weighted by molar-refractivity contribution is 0.415. The van der Waals surface area contributed by atoms with Crippen molar-refractivity contribution in [1.29, 1.82) is 0 Å². The van der Waals surface area contributed by atoms with E-state index >= 15 is 0 Å². The number of methoxy groups -OCH3 is 1. The van der Waals surface area contributed by atoms with Crippen LogP contribution < -0.4 is 15.4 Å². The molecule has 0 aliphatic heterocycles. The fourth-order valence-corrected chi connectivity index (χ4v) is 2.51. The number of hydrogen-bond donors (Lipinski definition) is 1. The third-order valence-electron chi connectivity index (χ3n) is 3.59. The van der Waals surface area contributed by atoms with Crippen molar-refractivity contribution >= 4 is 28.0 Å². The summed E-state index contributed by atoms with van der Waals surface area (Å²) in [4.78, 5) is 6.46. The van der Waals surface area contributed by atoms with Gasteiger partial charge in [0.15, 0.2) is 0 Å². The summed E-state index contributed by atoms with van der Waals surface area (Å²) in [7, 11) is 3.69. The van der Waals surface area contributed by atoms with E-state index < -0.39 is 0 Å². The van der Waals surface area contributed by atoms with E-state index in [1.165, 1.54) is 0 Å². The molecule has 3 rings (SSSR count). The van der Waals surface area contributed by atoms with E-state index in [1.807, 2.05) is 55.6 Å². The Bertz CT molecular complexity index is 786. The number of pyridine rings is 1. The average Bonchev–Trinajstić information content (AvgIpc) is 2.55. The van der Waals surface area contributed by atoms with Crippen molar-refractivity contribution in [1.82, 2.24) is 4.98 Å². The summed E-state index contributed by atoms with van der Waals surface area (Å²) in [5, 5.41) is 1.02. The SMILES string of the molecule is COc1ccccc1N(C)c1ccc(N)c2ncccc12. The Morgan fingerprint density at radius 2 is 1.81 bits per heavy atom. The Morgan fingerprint density at radius 1 is 1.00 bits per heavy atom. The molecule has 21 heavy (non-hydrogen) atoms. The first-order valence-corrected chi connectivity index (χ1v) is 6.72. The van der Waals surface area contributed by atoms with E-state index in [9.17, 15) is 0 Å². The van der Waals surface area contributed by atoms with Crippen molar-refractivity contribution in [2.75, 3.05) is 24.8 Å². The zero-order chi connectivity index (χ0) is 14.8. The van der Waals surface area contributed by atoms with E-state index in [1.54, 1.807) is 13.3 Å². The van der Waals surface area contributed by atoms with Gasteiger partial charge in [0.05, 0.1) is 29.7 Å². The molecular weight excluding hydrogens is 262 g/mol. The minimum atomic E-state index is 0.683. The number of nitrogens with two attached hydrogens (primary N) is 1. The van der Waals surface area contributed by atoms with E-state index in [0.29, 0.717) is 5.69 Å². The molecule has 106 valence electrons. The minimum absolute atomic E-state index is 0.683. The van der Waals surface area contributed by atoms with E-state index in [4.69, 9.17) is 10.5 Å². The van der Waals surface area contributed by atoms with Gasteiger partial charge in [0, 0.05) is 18.6 Å². The predicted molar refractivity (Wildman–Crippen MR) is 87.2 cm³/mol. The maximum absolute atomic E-state index is 6.01. The minimum Gasteiger partial charge on any atom is -0.495 e. The normalized spacial score (nSPS) is 10.6. The number of benzene rings is 2. The van der Waals surface area contributed by atoms with Gasteiger partial charge in [-0.2, -0.15) is 0 Å². The molecule has 4 nitrogen and oxygen atoms in total. The first kappa shape index (κ1) is 13.2. The highest BCUT2D eigenvalue weighted by Gasteiger charge is 2.13. The molecule has 0 unspecified atom stereocenters. The van der Waals surface area contributed by atoms with Crippen molar-refractivity contribution in [2.24, 2.45) is 0 Å². The van der Waals surface area contributed by atoms with Crippen LogP contribution in [0.4, 0.5) is 17.1 Å². The molecule has 0 aliphatic carbocycles. The molecule has 2 N–H and O–H groups in total. The van der Waals surface area contributed by atoms with Crippen molar-refractivity contribution in [2.45, 2.75) is 0 Å². The maximum atomic E-state index is 6.01. The number of ether oxygens (including phenoxy) is 1. The van der Waals surface area contributed by atoms with Crippen molar-refractivity contribution in [3.8, 4) is 5.75 Å². The molecule has 1 heterocycles. The van der Waals surface area contributed by atoms with Crippen LogP contribution in [0, 0.1) is 0 Å². The van der Waals surface area contributed by atoms with Crippen LogP contribution in [0.15, 0.2) is 54.7 Å². The van der Waals surface area contributed by atoms with Crippen LogP contribution in [0.1, 0.15) is 0 Å². The Morgan fingerprint density at radius 3 is 2.62 bits per heavy atom. The number of nitrogen functional groups attached to an aromatic ring is 1. The highest BCUT2D eigenvalue weighted by Crippen LogP contribution is 2.36. The van der Waals surface area contributed by atoms with Crippen LogP contribution in [-0.2, 0) is 0 Å². The van der Waals surface area contributed by atoms with Crippen LogP contribution in [0.5, 0.6) is 5.75 Å². The van der Waals surface area contributed by atoms with Crippen molar-refractivity contribution in [3.05, 3.63) is 54.7 Å². The molecule has 0 saturated heterocycles. The Hall–Kier alpha value is -2.75. The summed E-state index contributed by atoms with van der Waals surface area (Å²) < 4.78 is 5.44. The second-order valence-corrected chi connectivity index (χ2v) is 4.80. The van der Waals surface area contributed by atoms with E-state index in [2.05, 4.69) is 9.88 Å². The molecule has 0 fully saturated rings. The number of rotatable bonds is 3. The van der Waals surface area contributed by atoms with Gasteiger partial charge in [0.2, 0.25) is 0 Å². The summed E-state index contributed by atoms with van der Waals surface area (Å²) in [6.07, 6.45) is 1.76. The Labute approximate surface area is 123 Å². The molecule has 0 atom stereocenters. The second-order valence-electron chi connectivity index (χ2n) is 4.80. The zero-order valence-corrected chi connectivity index (χ0v) is 12.1. The van der Waals surface area contributed by atoms with Gasteiger partial charge in [0.1, 0.15) is 5.75 Å². The molecule has 0 bridgehead atoms. The van der Waals surface area contributed by atoms with Gasteiger partial charge in [-0.3, -0.25) is 4.98 Å². The first-order valence-electron chi connectivity index (χ1n) is 6.72. The number of aromatic nitrogens is 1. The highest BCUT2D eigenvalue weighted by atomic mass is 16.5. The van der Waals surface area contributed by atoms with E-state index in [-0.39, 0.29) is 0 Å². The summed E-state index contributed by atoms with van der Waals surface area (Å²) in [5.74, 6) is 0.828. The van der Waals surface area contributed by atoms with Gasteiger partial charge in [-0.05, 0) is 36.4 Å². The quantitative estimate of drug-likeness (QED) is 0.744. The highest BCUT2D eigenvalue weighted by molar-refractivity contribution is 6.00. The summed E-state index contributed by atoms with van der Waals surface area (Å²) in [6.45, 7) is 0. The molecule has 2 aromatic carbocycles. The molecule has 0 amide bonds. The summed E-state index contributed by atoms with van der Waals surface area (Å²) in [6, 6.07) is 15.8. The van der Waals surface area contributed by atoms with Gasteiger partial charge < -0.3 is 15.4 Å². The number of hydrogen-bond acceptors (Lipinski definition) is 4. The monoisotopic (exact) mass is 279 g/mol. The van der Waals surface area contributed by atoms with Crippen LogP contribution in [0.2, 0.25) is 0 Å². The van der Waals surface area contributed by atoms with Crippen molar-refractivity contribution in [3.63, 3.8) is 0 Å². The fraction of sp³-hybridized carbons (Fsp3) is 0.118. The molecule has 0 radical (unpaired) electrons. The van der Waals surface area contributed by atoms with E-state index in [0.717, 1.165) is 28.0 Å². The number of fused-ring (bicyclic) bond motifs is 1. The van der Waals surface area contributed by atoms with Crippen LogP contribution in [-0.4, -0.2) is 19.1 Å². The standard InChI is InChI=1S/C17H17N3O/c1-20(15-7-3-4-8-16(15)21-2)14-10-9-13(18)17-12(14)6-5-11-19-17/h3-11H,18H2,1-2H3. The van der Waals surface area contributed by atoms with Gasteiger partial charge in [-0.1, -0.05) is 12.1 Å². The molecule has 3 aromatic rings. The fourth-order valence-electron chi connectivity index (χ4n) is 2.51. The lowest BCUT2D eigenvalue weighted by atomic mass is 10.1.